The van der Waals surface area contributed by atoms with Crippen molar-refractivity contribution in [1.29, 1.82) is 0 Å². The number of hydrogen-bond donors (Lipinski definition) is 1. The number of anilines is 1. The standard InChI is InChI=1S/C13H22N2O2/c1-5-11(16)7-10-8-12(15(3)4)14-13(9-10)17-6-2/h8-9,11,16H,5-7H2,1-4H3. The molecule has 96 valence electrons. The van der Waals surface area contributed by atoms with Crippen molar-refractivity contribution in [2.45, 2.75) is 32.8 Å². The first kappa shape index (κ1) is 13.8. The van der Waals surface area contributed by atoms with E-state index in [2.05, 4.69) is 4.98 Å². The molecule has 1 heterocycles. The Morgan fingerprint density at radius 1 is 1.35 bits per heavy atom. The number of pyridine rings is 1. The molecule has 0 saturated heterocycles. The predicted octanol–water partition coefficient (Wildman–Crippen LogP) is 1.86. The summed E-state index contributed by atoms with van der Waals surface area (Å²) in [6.07, 6.45) is 1.09. The van der Waals surface area contributed by atoms with Crippen LogP contribution >= 0.6 is 0 Å². The van der Waals surface area contributed by atoms with E-state index in [1.54, 1.807) is 0 Å². The van der Waals surface area contributed by atoms with Crippen molar-refractivity contribution in [3.05, 3.63) is 17.7 Å². The fourth-order valence-electron chi connectivity index (χ4n) is 1.53. The second kappa shape index (κ2) is 6.45. The zero-order chi connectivity index (χ0) is 12.8. The van der Waals surface area contributed by atoms with Crippen molar-refractivity contribution in [2.24, 2.45) is 0 Å². The van der Waals surface area contributed by atoms with Crippen LogP contribution in [0.15, 0.2) is 12.1 Å². The van der Waals surface area contributed by atoms with Crippen molar-refractivity contribution in [1.82, 2.24) is 4.98 Å². The van der Waals surface area contributed by atoms with E-state index in [1.807, 2.05) is 45.0 Å². The van der Waals surface area contributed by atoms with Gasteiger partial charge in [-0.2, -0.15) is 4.98 Å². The smallest absolute Gasteiger partial charge is 0.215 e. The molecule has 1 aromatic heterocycles. The lowest BCUT2D eigenvalue weighted by atomic mass is 10.1. The molecule has 1 unspecified atom stereocenters. The van der Waals surface area contributed by atoms with Crippen LogP contribution in [-0.4, -0.2) is 36.9 Å². The van der Waals surface area contributed by atoms with Crippen LogP contribution in [0.5, 0.6) is 5.88 Å². The van der Waals surface area contributed by atoms with Crippen molar-refractivity contribution in [3.63, 3.8) is 0 Å². The number of hydrogen-bond acceptors (Lipinski definition) is 4. The molecule has 0 bridgehead atoms. The van der Waals surface area contributed by atoms with E-state index >= 15 is 0 Å². The molecule has 4 nitrogen and oxygen atoms in total. The Kier molecular flexibility index (Phi) is 5.22. The van der Waals surface area contributed by atoms with Gasteiger partial charge in [-0.15, -0.1) is 0 Å². The summed E-state index contributed by atoms with van der Waals surface area (Å²) in [6.45, 7) is 4.51. The highest BCUT2D eigenvalue weighted by atomic mass is 16.5. The van der Waals surface area contributed by atoms with Gasteiger partial charge in [0, 0.05) is 20.2 Å². The quantitative estimate of drug-likeness (QED) is 0.821. The highest BCUT2D eigenvalue weighted by Gasteiger charge is 2.08. The van der Waals surface area contributed by atoms with E-state index in [-0.39, 0.29) is 6.10 Å². The molecule has 0 aliphatic heterocycles. The van der Waals surface area contributed by atoms with E-state index in [0.29, 0.717) is 18.9 Å². The van der Waals surface area contributed by atoms with Gasteiger partial charge >= 0.3 is 0 Å². The van der Waals surface area contributed by atoms with Crippen LogP contribution in [0.2, 0.25) is 0 Å². The Labute approximate surface area is 103 Å². The molecule has 1 aromatic rings. The summed E-state index contributed by atoms with van der Waals surface area (Å²) < 4.78 is 5.43. The van der Waals surface area contributed by atoms with Crippen LogP contribution in [0.4, 0.5) is 5.82 Å². The molecule has 0 aromatic carbocycles. The molecule has 0 saturated carbocycles. The fraction of sp³-hybridized carbons (Fsp3) is 0.615. The first-order chi connectivity index (χ1) is 8.06. The third kappa shape index (κ3) is 4.23. The molecule has 1 N–H and O–H groups in total. The predicted molar refractivity (Wildman–Crippen MR) is 69.7 cm³/mol. The third-order valence-corrected chi connectivity index (χ3v) is 2.54. The van der Waals surface area contributed by atoms with Crippen LogP contribution in [0.3, 0.4) is 0 Å². The van der Waals surface area contributed by atoms with E-state index < -0.39 is 0 Å². The Morgan fingerprint density at radius 2 is 2.06 bits per heavy atom. The highest BCUT2D eigenvalue weighted by molar-refractivity contribution is 5.43. The first-order valence-corrected chi connectivity index (χ1v) is 6.06. The van der Waals surface area contributed by atoms with E-state index in [9.17, 15) is 5.11 Å². The second-order valence-corrected chi connectivity index (χ2v) is 4.27. The zero-order valence-corrected chi connectivity index (χ0v) is 11.1. The summed E-state index contributed by atoms with van der Waals surface area (Å²) in [5.74, 6) is 1.48. The van der Waals surface area contributed by atoms with Crippen LogP contribution < -0.4 is 9.64 Å². The van der Waals surface area contributed by atoms with Crippen molar-refractivity contribution in [2.75, 3.05) is 25.6 Å². The van der Waals surface area contributed by atoms with E-state index in [4.69, 9.17) is 4.74 Å². The van der Waals surface area contributed by atoms with Gasteiger partial charge in [-0.1, -0.05) is 6.92 Å². The molecule has 1 atom stereocenters. The van der Waals surface area contributed by atoms with Gasteiger partial charge in [0.2, 0.25) is 5.88 Å². The van der Waals surface area contributed by atoms with Crippen LogP contribution in [-0.2, 0) is 6.42 Å². The number of aromatic nitrogens is 1. The maximum Gasteiger partial charge on any atom is 0.215 e. The molecule has 4 heteroatoms. The molecule has 0 amide bonds. The minimum absolute atomic E-state index is 0.304. The van der Waals surface area contributed by atoms with Crippen molar-refractivity contribution < 1.29 is 9.84 Å². The summed E-state index contributed by atoms with van der Waals surface area (Å²) in [5, 5.41) is 9.69. The number of aliphatic hydroxyl groups is 1. The zero-order valence-electron chi connectivity index (χ0n) is 11.1. The normalized spacial score (nSPS) is 12.3. The monoisotopic (exact) mass is 238 g/mol. The molecule has 1 rings (SSSR count). The largest absolute Gasteiger partial charge is 0.478 e. The van der Waals surface area contributed by atoms with Gasteiger partial charge in [-0.25, -0.2) is 0 Å². The molecule has 17 heavy (non-hydrogen) atoms. The van der Waals surface area contributed by atoms with E-state index in [1.165, 1.54) is 0 Å². The maximum absolute atomic E-state index is 9.69. The highest BCUT2D eigenvalue weighted by Crippen LogP contribution is 2.19. The lowest BCUT2D eigenvalue weighted by molar-refractivity contribution is 0.170. The van der Waals surface area contributed by atoms with Gasteiger partial charge in [-0.3, -0.25) is 0 Å². The number of nitrogens with zero attached hydrogens (tertiary/aromatic N) is 2. The van der Waals surface area contributed by atoms with Crippen LogP contribution in [0.1, 0.15) is 25.8 Å². The molecule has 0 aliphatic carbocycles. The van der Waals surface area contributed by atoms with Crippen LogP contribution in [0, 0.1) is 0 Å². The molecular formula is C13H22N2O2. The van der Waals surface area contributed by atoms with Gasteiger partial charge in [0.25, 0.3) is 0 Å². The minimum Gasteiger partial charge on any atom is -0.478 e. The SMILES string of the molecule is CCOc1cc(CC(O)CC)cc(N(C)C)n1. The number of rotatable bonds is 6. The van der Waals surface area contributed by atoms with Gasteiger partial charge in [0.05, 0.1) is 12.7 Å². The average Bonchev–Trinajstić information content (AvgIpc) is 2.29. The summed E-state index contributed by atoms with van der Waals surface area (Å²) in [6, 6.07) is 3.89. The van der Waals surface area contributed by atoms with Gasteiger partial charge in [0.1, 0.15) is 5.82 Å². The van der Waals surface area contributed by atoms with E-state index in [0.717, 1.165) is 17.8 Å². The number of ether oxygens (including phenoxy) is 1. The third-order valence-electron chi connectivity index (χ3n) is 2.54. The molecule has 0 spiro atoms. The molecule has 0 radical (unpaired) electrons. The first-order valence-electron chi connectivity index (χ1n) is 6.06. The van der Waals surface area contributed by atoms with Crippen molar-refractivity contribution >= 4 is 5.82 Å². The summed E-state index contributed by atoms with van der Waals surface area (Å²) in [4.78, 5) is 6.31. The molecular weight excluding hydrogens is 216 g/mol. The summed E-state index contributed by atoms with van der Waals surface area (Å²) in [5.41, 5.74) is 1.06. The lowest BCUT2D eigenvalue weighted by Crippen LogP contribution is -2.14. The molecule has 0 fully saturated rings. The van der Waals surface area contributed by atoms with Gasteiger partial charge < -0.3 is 14.7 Å². The average molecular weight is 238 g/mol. The van der Waals surface area contributed by atoms with Gasteiger partial charge in [0.15, 0.2) is 0 Å². The van der Waals surface area contributed by atoms with Gasteiger partial charge in [-0.05, 0) is 31.4 Å². The maximum atomic E-state index is 9.69. The van der Waals surface area contributed by atoms with Crippen molar-refractivity contribution in [3.8, 4) is 5.88 Å². The summed E-state index contributed by atoms with van der Waals surface area (Å²) >= 11 is 0. The molecule has 0 aliphatic rings. The Bertz CT molecular complexity index is 353. The Balaban J connectivity index is 2.94. The Morgan fingerprint density at radius 3 is 2.59 bits per heavy atom. The minimum atomic E-state index is -0.304. The summed E-state index contributed by atoms with van der Waals surface area (Å²) in [7, 11) is 3.89. The topological polar surface area (TPSA) is 45.6 Å². The lowest BCUT2D eigenvalue weighted by Gasteiger charge is -2.16. The second-order valence-electron chi connectivity index (χ2n) is 4.27. The van der Waals surface area contributed by atoms with Crippen LogP contribution in [0.25, 0.3) is 0 Å². The number of aliphatic hydroxyl groups excluding tert-OH is 1. The fourth-order valence-corrected chi connectivity index (χ4v) is 1.53. The Hall–Kier alpha value is -1.29.